The minimum absolute atomic E-state index is 0.350. The number of carboxylic acids is 1. The van der Waals surface area contributed by atoms with Gasteiger partial charge in [-0.1, -0.05) is 37.5 Å². The van der Waals surface area contributed by atoms with Gasteiger partial charge < -0.3 is 10.2 Å². The highest BCUT2D eigenvalue weighted by molar-refractivity contribution is 5.80. The van der Waals surface area contributed by atoms with E-state index >= 15 is 0 Å². The summed E-state index contributed by atoms with van der Waals surface area (Å²) in [6.45, 7) is 11.4. The first-order chi connectivity index (χ1) is 14.4. The molecule has 3 nitrogen and oxygen atoms in total. The Labute approximate surface area is 189 Å². The lowest BCUT2D eigenvalue weighted by molar-refractivity contribution is -0.131. The number of allylic oxidation sites excluding steroid dienone is 3. The molecule has 4 aliphatic rings. The Morgan fingerprint density at radius 2 is 1.90 bits per heavy atom. The maximum Gasteiger partial charge on any atom is 0.328 e. The molecular weight excluding hydrogens is 384 g/mol. The Kier molecular flexibility index (Phi) is 5.99. The van der Waals surface area contributed by atoms with Crippen molar-refractivity contribution in [2.24, 2.45) is 34.5 Å². The Bertz CT molecular complexity index is 785. The molecule has 3 saturated carbocycles. The molecule has 0 aromatic carbocycles. The van der Waals surface area contributed by atoms with E-state index in [1.54, 1.807) is 0 Å². The standard InChI is InChI=1S/C28H44O3/c1-18(10-13-26(2,3)31)22-8-9-23-21-7-6-20-16-19(17-25(29)30)11-14-27(20,4)24(21)12-15-28(22,23)5/h17-18,20,22,24,31H,6-16H2,1-5H3,(H,29,30)/b19-17+/t18-,20-,22-,24+,27+,28-/m1/s1. The Morgan fingerprint density at radius 3 is 2.58 bits per heavy atom. The summed E-state index contributed by atoms with van der Waals surface area (Å²) in [5.74, 6) is 2.00. The van der Waals surface area contributed by atoms with Crippen molar-refractivity contribution in [3.05, 3.63) is 22.8 Å². The van der Waals surface area contributed by atoms with E-state index in [0.717, 1.165) is 43.6 Å². The molecule has 0 aliphatic heterocycles. The van der Waals surface area contributed by atoms with Crippen molar-refractivity contribution in [1.29, 1.82) is 0 Å². The molecule has 0 amide bonds. The SMILES string of the molecule is C[C@H](CCC(C)(C)O)[C@H]1CCC2=C3CC[C@@H]4C/C(=C/C(=O)O)CC[C@]4(C)[C@H]3CC[C@@]21C. The van der Waals surface area contributed by atoms with E-state index in [1.807, 2.05) is 25.0 Å². The number of carbonyl (C=O) groups is 1. The lowest BCUT2D eigenvalue weighted by Crippen LogP contribution is -2.46. The van der Waals surface area contributed by atoms with Gasteiger partial charge >= 0.3 is 5.97 Å². The first kappa shape index (κ1) is 23.1. The summed E-state index contributed by atoms with van der Waals surface area (Å²) >= 11 is 0. The number of aliphatic hydroxyl groups is 1. The summed E-state index contributed by atoms with van der Waals surface area (Å²) in [4.78, 5) is 11.2. The van der Waals surface area contributed by atoms with E-state index in [0.29, 0.717) is 28.6 Å². The minimum atomic E-state index is -0.777. The predicted octanol–water partition coefficient (Wildman–Crippen LogP) is 6.91. The fraction of sp³-hybridized carbons (Fsp3) is 0.821. The van der Waals surface area contributed by atoms with Crippen LogP contribution in [0.15, 0.2) is 22.8 Å². The van der Waals surface area contributed by atoms with Crippen LogP contribution in [0, 0.1) is 34.5 Å². The number of carboxylic acid groups (broad SMARTS) is 1. The third-order valence-electron chi connectivity index (χ3n) is 10.2. The van der Waals surface area contributed by atoms with Gasteiger partial charge in [0.15, 0.2) is 0 Å². The van der Waals surface area contributed by atoms with E-state index in [-0.39, 0.29) is 0 Å². The number of hydrogen-bond donors (Lipinski definition) is 2. The lowest BCUT2D eigenvalue weighted by atomic mass is 9.48. The van der Waals surface area contributed by atoms with Gasteiger partial charge in [-0.3, -0.25) is 0 Å². The molecule has 4 aliphatic carbocycles. The molecule has 31 heavy (non-hydrogen) atoms. The third kappa shape index (κ3) is 4.16. The number of fused-ring (bicyclic) bond motifs is 4. The summed E-state index contributed by atoms with van der Waals surface area (Å²) in [6.07, 6.45) is 14.3. The normalized spacial score (nSPS) is 40.3. The number of hydrogen-bond acceptors (Lipinski definition) is 2. The Balaban J connectivity index is 1.55. The molecule has 3 heteroatoms. The van der Waals surface area contributed by atoms with E-state index < -0.39 is 11.6 Å². The highest BCUT2D eigenvalue weighted by Crippen LogP contribution is 2.66. The molecular formula is C28H44O3. The van der Waals surface area contributed by atoms with Crippen molar-refractivity contribution in [3.8, 4) is 0 Å². The molecule has 2 N–H and O–H groups in total. The largest absolute Gasteiger partial charge is 0.478 e. The third-order valence-corrected chi connectivity index (χ3v) is 10.2. The fourth-order valence-corrected chi connectivity index (χ4v) is 8.38. The molecule has 0 bridgehead atoms. The van der Waals surface area contributed by atoms with Crippen molar-refractivity contribution in [2.75, 3.05) is 0 Å². The van der Waals surface area contributed by atoms with Crippen LogP contribution in [-0.2, 0) is 4.79 Å². The summed E-state index contributed by atoms with van der Waals surface area (Å²) in [6, 6.07) is 0. The Hall–Kier alpha value is -1.09. The topological polar surface area (TPSA) is 57.5 Å². The molecule has 0 aromatic rings. The van der Waals surface area contributed by atoms with Crippen molar-refractivity contribution >= 4 is 5.97 Å². The fourth-order valence-electron chi connectivity index (χ4n) is 8.38. The molecule has 3 fully saturated rings. The van der Waals surface area contributed by atoms with Crippen molar-refractivity contribution < 1.29 is 15.0 Å². The van der Waals surface area contributed by atoms with E-state index in [1.165, 1.54) is 44.6 Å². The second-order valence-electron chi connectivity index (χ2n) is 12.6. The van der Waals surface area contributed by atoms with Crippen LogP contribution in [0.5, 0.6) is 0 Å². The minimum Gasteiger partial charge on any atom is -0.478 e. The molecule has 174 valence electrons. The van der Waals surface area contributed by atoms with E-state index in [4.69, 9.17) is 0 Å². The zero-order valence-electron chi connectivity index (χ0n) is 20.5. The first-order valence-corrected chi connectivity index (χ1v) is 12.8. The second-order valence-corrected chi connectivity index (χ2v) is 12.6. The van der Waals surface area contributed by atoms with Gasteiger partial charge in [-0.15, -0.1) is 0 Å². The van der Waals surface area contributed by atoms with Crippen molar-refractivity contribution in [2.45, 2.75) is 111 Å². The van der Waals surface area contributed by atoms with Gasteiger partial charge in [0, 0.05) is 6.08 Å². The molecule has 0 heterocycles. The van der Waals surface area contributed by atoms with Gasteiger partial charge in [0.25, 0.3) is 0 Å². The van der Waals surface area contributed by atoms with Gasteiger partial charge in [-0.05, 0) is 119 Å². The van der Waals surface area contributed by atoms with Gasteiger partial charge in [0.1, 0.15) is 0 Å². The van der Waals surface area contributed by atoms with Crippen LogP contribution < -0.4 is 0 Å². The van der Waals surface area contributed by atoms with Crippen LogP contribution in [0.25, 0.3) is 0 Å². The molecule has 6 atom stereocenters. The quantitative estimate of drug-likeness (QED) is 0.369. The van der Waals surface area contributed by atoms with Crippen molar-refractivity contribution in [1.82, 2.24) is 0 Å². The van der Waals surface area contributed by atoms with Gasteiger partial charge in [-0.25, -0.2) is 4.79 Å². The van der Waals surface area contributed by atoms with Crippen LogP contribution in [0.1, 0.15) is 105 Å². The second kappa shape index (κ2) is 8.04. The van der Waals surface area contributed by atoms with Crippen LogP contribution in [-0.4, -0.2) is 21.8 Å². The summed E-state index contributed by atoms with van der Waals surface area (Å²) in [5.41, 5.74) is 4.94. The summed E-state index contributed by atoms with van der Waals surface area (Å²) in [5, 5.41) is 19.4. The molecule has 0 spiro atoms. The highest BCUT2D eigenvalue weighted by atomic mass is 16.4. The smallest absolute Gasteiger partial charge is 0.328 e. The zero-order valence-corrected chi connectivity index (χ0v) is 20.5. The molecule has 0 radical (unpaired) electrons. The average molecular weight is 429 g/mol. The highest BCUT2D eigenvalue weighted by Gasteiger charge is 2.55. The lowest BCUT2D eigenvalue weighted by Gasteiger charge is -2.56. The zero-order chi connectivity index (χ0) is 22.6. The van der Waals surface area contributed by atoms with Crippen LogP contribution in [0.2, 0.25) is 0 Å². The van der Waals surface area contributed by atoms with Gasteiger partial charge in [0.2, 0.25) is 0 Å². The van der Waals surface area contributed by atoms with Crippen LogP contribution >= 0.6 is 0 Å². The van der Waals surface area contributed by atoms with Crippen LogP contribution in [0.4, 0.5) is 0 Å². The predicted molar refractivity (Wildman–Crippen MR) is 126 cm³/mol. The molecule has 0 aromatic heterocycles. The number of aliphatic carboxylic acids is 1. The monoisotopic (exact) mass is 428 g/mol. The van der Waals surface area contributed by atoms with Crippen LogP contribution in [0.3, 0.4) is 0 Å². The Morgan fingerprint density at radius 1 is 1.16 bits per heavy atom. The molecule has 4 rings (SSSR count). The molecule has 0 unspecified atom stereocenters. The summed E-state index contributed by atoms with van der Waals surface area (Å²) < 4.78 is 0. The number of rotatable bonds is 5. The maximum absolute atomic E-state index is 11.2. The summed E-state index contributed by atoms with van der Waals surface area (Å²) in [7, 11) is 0. The molecule has 0 saturated heterocycles. The van der Waals surface area contributed by atoms with Crippen molar-refractivity contribution in [3.63, 3.8) is 0 Å². The average Bonchev–Trinajstić information content (AvgIpc) is 3.03. The van der Waals surface area contributed by atoms with E-state index in [9.17, 15) is 15.0 Å². The van der Waals surface area contributed by atoms with Gasteiger partial charge in [-0.2, -0.15) is 0 Å². The van der Waals surface area contributed by atoms with Gasteiger partial charge in [0.05, 0.1) is 5.60 Å². The maximum atomic E-state index is 11.2. The first-order valence-electron chi connectivity index (χ1n) is 12.8. The van der Waals surface area contributed by atoms with E-state index in [2.05, 4.69) is 20.8 Å².